The van der Waals surface area contributed by atoms with E-state index >= 15 is 0 Å². The molecule has 8 nitrogen and oxygen atoms in total. The van der Waals surface area contributed by atoms with Gasteiger partial charge >= 0.3 is 0 Å². The first-order valence-electron chi connectivity index (χ1n) is 10.8. The Bertz CT molecular complexity index is 1000. The summed E-state index contributed by atoms with van der Waals surface area (Å²) in [6.45, 7) is 3.57. The van der Waals surface area contributed by atoms with Gasteiger partial charge in [-0.3, -0.25) is 9.59 Å². The highest BCUT2D eigenvalue weighted by molar-refractivity contribution is 6.04. The van der Waals surface area contributed by atoms with Crippen LogP contribution >= 0.6 is 0 Å². The van der Waals surface area contributed by atoms with Crippen molar-refractivity contribution < 1.29 is 14.3 Å². The second kappa shape index (κ2) is 8.53. The van der Waals surface area contributed by atoms with Crippen molar-refractivity contribution in [2.75, 3.05) is 29.3 Å². The molecule has 2 aliphatic rings. The zero-order chi connectivity index (χ0) is 22.1. The highest BCUT2D eigenvalue weighted by atomic mass is 16.5. The SMILES string of the molecule is CCC1C(=O)N(C)c2cnc(Nc3ccc(C(C)=O)cc3OC)nc2N1C1CCCC1. The van der Waals surface area contributed by atoms with Crippen molar-refractivity contribution in [1.82, 2.24) is 9.97 Å². The third kappa shape index (κ3) is 3.82. The Morgan fingerprint density at radius 1 is 1.29 bits per heavy atom. The summed E-state index contributed by atoms with van der Waals surface area (Å²) in [5.41, 5.74) is 1.98. The van der Waals surface area contributed by atoms with E-state index in [2.05, 4.69) is 15.2 Å². The number of hydrogen-bond donors (Lipinski definition) is 1. The summed E-state index contributed by atoms with van der Waals surface area (Å²) in [6, 6.07) is 5.34. The largest absolute Gasteiger partial charge is 0.495 e. The minimum absolute atomic E-state index is 0.0274. The number of likely N-dealkylation sites (N-methyl/N-ethyl adjacent to an activating group) is 1. The quantitative estimate of drug-likeness (QED) is 0.704. The molecule has 0 radical (unpaired) electrons. The van der Waals surface area contributed by atoms with Crippen LogP contribution in [0, 0.1) is 0 Å². The Morgan fingerprint density at radius 2 is 2.03 bits per heavy atom. The average Bonchev–Trinajstić information content (AvgIpc) is 3.30. The van der Waals surface area contributed by atoms with Gasteiger partial charge in [-0.25, -0.2) is 4.98 Å². The number of nitrogens with one attached hydrogen (secondary N) is 1. The van der Waals surface area contributed by atoms with Crippen LogP contribution in [0.5, 0.6) is 5.75 Å². The molecule has 1 N–H and O–H groups in total. The number of methoxy groups -OCH3 is 1. The minimum atomic E-state index is -0.215. The summed E-state index contributed by atoms with van der Waals surface area (Å²) in [7, 11) is 3.35. The molecule has 31 heavy (non-hydrogen) atoms. The summed E-state index contributed by atoms with van der Waals surface area (Å²) in [5.74, 6) is 1.82. The molecule has 164 valence electrons. The molecule has 1 amide bonds. The van der Waals surface area contributed by atoms with E-state index in [4.69, 9.17) is 9.72 Å². The van der Waals surface area contributed by atoms with E-state index in [0.29, 0.717) is 29.0 Å². The van der Waals surface area contributed by atoms with Gasteiger partial charge in [0, 0.05) is 18.7 Å². The number of benzene rings is 1. The average molecular weight is 424 g/mol. The van der Waals surface area contributed by atoms with E-state index in [-0.39, 0.29) is 17.7 Å². The lowest BCUT2D eigenvalue weighted by atomic mass is 10.0. The topological polar surface area (TPSA) is 87.7 Å². The van der Waals surface area contributed by atoms with Gasteiger partial charge < -0.3 is 19.9 Å². The van der Waals surface area contributed by atoms with Gasteiger partial charge in [-0.2, -0.15) is 4.98 Å². The third-order valence-corrected chi connectivity index (χ3v) is 6.27. The maximum absolute atomic E-state index is 13.0. The highest BCUT2D eigenvalue weighted by Gasteiger charge is 2.41. The van der Waals surface area contributed by atoms with Gasteiger partial charge in [-0.05, 0) is 44.4 Å². The van der Waals surface area contributed by atoms with Gasteiger partial charge in [0.25, 0.3) is 0 Å². The van der Waals surface area contributed by atoms with Crippen LogP contribution in [0.2, 0.25) is 0 Å². The molecule has 1 saturated carbocycles. The minimum Gasteiger partial charge on any atom is -0.495 e. The van der Waals surface area contributed by atoms with Gasteiger partial charge in [0.05, 0.1) is 19.0 Å². The Balaban J connectivity index is 1.72. The van der Waals surface area contributed by atoms with Crippen molar-refractivity contribution in [2.24, 2.45) is 0 Å². The molecule has 4 rings (SSSR count). The molecule has 0 saturated heterocycles. The first-order valence-corrected chi connectivity index (χ1v) is 10.8. The standard InChI is InChI=1S/C23H29N5O3/c1-5-18-22(30)27(3)19-13-24-23(26-21(19)28(18)16-8-6-7-9-16)25-17-11-10-15(14(2)29)12-20(17)31-4/h10-13,16,18H,5-9H2,1-4H3,(H,24,25,26). The lowest BCUT2D eigenvalue weighted by molar-refractivity contribution is -0.120. The van der Waals surface area contributed by atoms with E-state index in [1.54, 1.807) is 43.5 Å². The monoisotopic (exact) mass is 423 g/mol. The van der Waals surface area contributed by atoms with E-state index in [1.807, 2.05) is 6.92 Å². The highest BCUT2D eigenvalue weighted by Crippen LogP contribution is 2.40. The number of fused-ring (bicyclic) bond motifs is 1. The molecular formula is C23H29N5O3. The third-order valence-electron chi connectivity index (χ3n) is 6.27. The molecule has 1 fully saturated rings. The van der Waals surface area contributed by atoms with Crippen LogP contribution in [-0.4, -0.2) is 47.9 Å². The molecule has 1 unspecified atom stereocenters. The molecule has 1 aromatic heterocycles. The molecule has 0 spiro atoms. The number of ether oxygens (including phenoxy) is 1. The fourth-order valence-electron chi connectivity index (χ4n) is 4.58. The van der Waals surface area contributed by atoms with Crippen molar-refractivity contribution in [1.29, 1.82) is 0 Å². The lowest BCUT2D eigenvalue weighted by Crippen LogP contribution is -2.55. The van der Waals surface area contributed by atoms with Crippen LogP contribution in [0.3, 0.4) is 0 Å². The van der Waals surface area contributed by atoms with Crippen molar-refractivity contribution in [3.63, 3.8) is 0 Å². The molecule has 2 heterocycles. The number of nitrogens with zero attached hydrogens (tertiary/aromatic N) is 4. The maximum Gasteiger partial charge on any atom is 0.249 e. The van der Waals surface area contributed by atoms with Gasteiger partial charge in [0.1, 0.15) is 17.5 Å². The van der Waals surface area contributed by atoms with Crippen LogP contribution in [-0.2, 0) is 4.79 Å². The number of ketones is 1. The zero-order valence-electron chi connectivity index (χ0n) is 18.5. The van der Waals surface area contributed by atoms with Crippen LogP contribution < -0.4 is 19.9 Å². The van der Waals surface area contributed by atoms with Crippen molar-refractivity contribution in [3.8, 4) is 5.75 Å². The van der Waals surface area contributed by atoms with Crippen LogP contribution in [0.1, 0.15) is 56.3 Å². The number of carbonyl (C=O) groups excluding carboxylic acids is 2. The number of anilines is 4. The number of Topliss-reactive ketones (excluding diaryl/α,β-unsaturated/α-hetero) is 1. The molecule has 1 atom stereocenters. The lowest BCUT2D eigenvalue weighted by Gasteiger charge is -2.43. The van der Waals surface area contributed by atoms with E-state index < -0.39 is 0 Å². The number of aromatic nitrogens is 2. The number of hydrogen-bond acceptors (Lipinski definition) is 7. The normalized spacial score (nSPS) is 18.8. The van der Waals surface area contributed by atoms with Gasteiger partial charge in [-0.1, -0.05) is 19.8 Å². The fraction of sp³-hybridized carbons (Fsp3) is 0.478. The predicted octanol–water partition coefficient (Wildman–Crippen LogP) is 3.94. The summed E-state index contributed by atoms with van der Waals surface area (Å²) in [4.78, 5) is 37.9. The molecule has 0 bridgehead atoms. The Kier molecular flexibility index (Phi) is 5.80. The molecule has 1 aliphatic heterocycles. The first kappa shape index (κ1) is 21.1. The van der Waals surface area contributed by atoms with Crippen LogP contribution in [0.4, 0.5) is 23.1 Å². The van der Waals surface area contributed by atoms with Crippen molar-refractivity contribution >= 4 is 34.8 Å². The first-order chi connectivity index (χ1) is 14.9. The summed E-state index contributed by atoms with van der Waals surface area (Å²) >= 11 is 0. The Morgan fingerprint density at radius 3 is 2.68 bits per heavy atom. The maximum atomic E-state index is 13.0. The van der Waals surface area contributed by atoms with Gasteiger partial charge in [-0.15, -0.1) is 0 Å². The summed E-state index contributed by atoms with van der Waals surface area (Å²) in [5, 5.41) is 3.22. The number of amides is 1. The predicted molar refractivity (Wildman–Crippen MR) is 121 cm³/mol. The zero-order valence-corrected chi connectivity index (χ0v) is 18.5. The van der Waals surface area contributed by atoms with E-state index in [1.165, 1.54) is 19.8 Å². The molecule has 1 aromatic carbocycles. The Labute approximate surface area is 182 Å². The molecule has 1 aliphatic carbocycles. The van der Waals surface area contributed by atoms with Gasteiger partial charge in [0.2, 0.25) is 11.9 Å². The van der Waals surface area contributed by atoms with Crippen molar-refractivity contribution in [3.05, 3.63) is 30.0 Å². The summed E-state index contributed by atoms with van der Waals surface area (Å²) < 4.78 is 5.46. The summed E-state index contributed by atoms with van der Waals surface area (Å²) in [6.07, 6.45) is 6.92. The van der Waals surface area contributed by atoms with Crippen LogP contribution in [0.25, 0.3) is 0 Å². The fourth-order valence-corrected chi connectivity index (χ4v) is 4.58. The smallest absolute Gasteiger partial charge is 0.249 e. The molecule has 8 heteroatoms. The Hall–Kier alpha value is -3.16. The van der Waals surface area contributed by atoms with E-state index in [9.17, 15) is 9.59 Å². The van der Waals surface area contributed by atoms with E-state index in [0.717, 1.165) is 30.8 Å². The number of rotatable bonds is 6. The molecule has 2 aromatic rings. The van der Waals surface area contributed by atoms with Crippen molar-refractivity contribution in [2.45, 2.75) is 58.0 Å². The molecular weight excluding hydrogens is 394 g/mol. The van der Waals surface area contributed by atoms with Crippen LogP contribution in [0.15, 0.2) is 24.4 Å². The second-order valence-corrected chi connectivity index (χ2v) is 8.17. The van der Waals surface area contributed by atoms with Gasteiger partial charge in [0.15, 0.2) is 11.6 Å². The second-order valence-electron chi connectivity index (χ2n) is 8.17. The number of carbonyl (C=O) groups is 2.